The van der Waals surface area contributed by atoms with Gasteiger partial charge in [0, 0.05) is 19.4 Å². The molecule has 0 aliphatic heterocycles. The minimum atomic E-state index is -0.569. The molecule has 1 unspecified atom stereocenters. The molecule has 60 heavy (non-hydrogen) atoms. The van der Waals surface area contributed by atoms with Crippen LogP contribution in [0.2, 0.25) is 0 Å². The highest BCUT2D eigenvalue weighted by molar-refractivity contribution is 5.70. The topological polar surface area (TPSA) is 61.8 Å². The maximum atomic E-state index is 12.8. The molecule has 0 amide bonds. The van der Waals surface area contributed by atoms with Gasteiger partial charge in [-0.15, -0.1) is 0 Å². The van der Waals surface area contributed by atoms with E-state index in [4.69, 9.17) is 14.2 Å². The lowest BCUT2D eigenvalue weighted by molar-refractivity contribution is -0.163. The second kappa shape index (κ2) is 50.4. The quantitative estimate of drug-likeness (QED) is 0.0347. The SMILES string of the molecule is CC/C=C\C/C=C\C/C=C\C/C=C\C/C=C\CCCCOCC(COC(=O)CCCCCCC/C=C\CCCCCC)OC(=O)CCCCCCC/C=C\CCCCCC. The van der Waals surface area contributed by atoms with Crippen LogP contribution in [0.1, 0.15) is 226 Å². The molecule has 0 saturated carbocycles. The summed E-state index contributed by atoms with van der Waals surface area (Å²) in [5, 5.41) is 0. The zero-order valence-electron chi connectivity index (χ0n) is 39.5. The first-order valence-corrected chi connectivity index (χ1v) is 25.1. The van der Waals surface area contributed by atoms with E-state index < -0.39 is 6.10 Å². The average molecular weight is 835 g/mol. The molecule has 5 heteroatoms. The standard InChI is InChI=1S/C55H94O5/c1-4-7-10-13-16-19-22-25-26-27-28-29-32-35-38-41-44-47-50-58-51-53(60-55(57)49-46-43-40-37-34-31-24-21-18-15-12-9-6-3)52-59-54(56)48-45-42-39-36-33-30-23-20-17-14-11-8-5-2/h7,10,16,19-21,23-26,28-29,35,38,53H,4-6,8-9,11-15,17-18,22,27,30-34,36-37,39-52H2,1-3H3/b10-7-,19-16-,23-20-,24-21-,26-25-,29-28-,38-35-. The van der Waals surface area contributed by atoms with Gasteiger partial charge in [-0.2, -0.15) is 0 Å². The highest BCUT2D eigenvalue weighted by atomic mass is 16.6. The summed E-state index contributed by atoms with van der Waals surface area (Å²) in [6.07, 6.45) is 65.9. The van der Waals surface area contributed by atoms with Crippen molar-refractivity contribution >= 4 is 11.9 Å². The van der Waals surface area contributed by atoms with Crippen LogP contribution in [-0.4, -0.2) is 37.9 Å². The van der Waals surface area contributed by atoms with Crippen molar-refractivity contribution in [1.82, 2.24) is 0 Å². The maximum absolute atomic E-state index is 12.8. The van der Waals surface area contributed by atoms with Gasteiger partial charge in [0.1, 0.15) is 6.61 Å². The molecule has 1 atom stereocenters. The third-order valence-electron chi connectivity index (χ3n) is 10.4. The van der Waals surface area contributed by atoms with Crippen molar-refractivity contribution < 1.29 is 23.8 Å². The van der Waals surface area contributed by atoms with Crippen LogP contribution in [0, 0.1) is 0 Å². The fourth-order valence-corrected chi connectivity index (χ4v) is 6.64. The van der Waals surface area contributed by atoms with Gasteiger partial charge >= 0.3 is 11.9 Å². The molecule has 0 aromatic heterocycles. The molecule has 344 valence electrons. The summed E-state index contributed by atoms with van der Waals surface area (Å²) in [6.45, 7) is 7.56. The van der Waals surface area contributed by atoms with Crippen molar-refractivity contribution in [2.24, 2.45) is 0 Å². The summed E-state index contributed by atoms with van der Waals surface area (Å²) in [5.74, 6) is -0.444. The van der Waals surface area contributed by atoms with Crippen molar-refractivity contribution in [3.8, 4) is 0 Å². The van der Waals surface area contributed by atoms with Gasteiger partial charge in [0.2, 0.25) is 0 Å². The van der Waals surface area contributed by atoms with Crippen LogP contribution in [0.3, 0.4) is 0 Å². The number of esters is 2. The first kappa shape index (κ1) is 57.1. The number of hydrogen-bond acceptors (Lipinski definition) is 5. The molecule has 0 heterocycles. The molecule has 0 aliphatic rings. The number of carbonyl (C=O) groups is 2. The zero-order chi connectivity index (χ0) is 43.5. The monoisotopic (exact) mass is 835 g/mol. The van der Waals surface area contributed by atoms with Crippen molar-refractivity contribution in [1.29, 1.82) is 0 Å². The van der Waals surface area contributed by atoms with Crippen molar-refractivity contribution in [2.75, 3.05) is 19.8 Å². The van der Waals surface area contributed by atoms with Crippen LogP contribution in [0.4, 0.5) is 0 Å². The van der Waals surface area contributed by atoms with Crippen LogP contribution in [-0.2, 0) is 23.8 Å². The third-order valence-corrected chi connectivity index (χ3v) is 10.4. The summed E-state index contributed by atoms with van der Waals surface area (Å²) in [7, 11) is 0. The van der Waals surface area contributed by atoms with Crippen molar-refractivity contribution in [3.63, 3.8) is 0 Å². The Labute approximate surface area is 371 Å². The fourth-order valence-electron chi connectivity index (χ4n) is 6.64. The van der Waals surface area contributed by atoms with Gasteiger partial charge in [-0.25, -0.2) is 0 Å². The second-order valence-electron chi connectivity index (χ2n) is 16.3. The van der Waals surface area contributed by atoms with Gasteiger partial charge in [0.05, 0.1) is 6.61 Å². The summed E-state index contributed by atoms with van der Waals surface area (Å²) >= 11 is 0. The molecule has 0 saturated heterocycles. The summed E-state index contributed by atoms with van der Waals surface area (Å²) in [6, 6.07) is 0. The van der Waals surface area contributed by atoms with E-state index in [1.165, 1.54) is 89.9 Å². The van der Waals surface area contributed by atoms with Gasteiger partial charge in [-0.1, -0.05) is 183 Å². The predicted molar refractivity (Wildman–Crippen MR) is 260 cm³/mol. The number of rotatable bonds is 45. The Morgan fingerprint density at radius 1 is 0.383 bits per heavy atom. The molecule has 0 aliphatic carbocycles. The molecule has 0 spiro atoms. The summed E-state index contributed by atoms with van der Waals surface area (Å²) < 4.78 is 17.3. The van der Waals surface area contributed by atoms with Gasteiger partial charge in [0.25, 0.3) is 0 Å². The lowest BCUT2D eigenvalue weighted by atomic mass is 10.1. The molecule has 0 N–H and O–H groups in total. The van der Waals surface area contributed by atoms with E-state index in [0.717, 1.165) is 103 Å². The van der Waals surface area contributed by atoms with Gasteiger partial charge < -0.3 is 14.2 Å². The largest absolute Gasteiger partial charge is 0.462 e. The smallest absolute Gasteiger partial charge is 0.306 e. The molecular formula is C55H94O5. The van der Waals surface area contributed by atoms with Crippen LogP contribution in [0.25, 0.3) is 0 Å². The third kappa shape index (κ3) is 47.8. The summed E-state index contributed by atoms with van der Waals surface area (Å²) in [4.78, 5) is 25.3. The van der Waals surface area contributed by atoms with E-state index >= 15 is 0 Å². The molecule has 0 radical (unpaired) electrons. The molecule has 5 nitrogen and oxygen atoms in total. The molecule has 0 bridgehead atoms. The van der Waals surface area contributed by atoms with E-state index in [1.54, 1.807) is 0 Å². The van der Waals surface area contributed by atoms with Crippen LogP contribution < -0.4 is 0 Å². The normalized spacial score (nSPS) is 12.9. The van der Waals surface area contributed by atoms with Crippen LogP contribution in [0.5, 0.6) is 0 Å². The highest BCUT2D eigenvalue weighted by Gasteiger charge is 2.17. The maximum Gasteiger partial charge on any atom is 0.306 e. The first-order chi connectivity index (χ1) is 29.6. The minimum absolute atomic E-state index is 0.0571. The van der Waals surface area contributed by atoms with E-state index in [-0.39, 0.29) is 25.2 Å². The Hall–Kier alpha value is -2.92. The predicted octanol–water partition coefficient (Wildman–Crippen LogP) is 16.9. The fraction of sp³-hybridized carbons (Fsp3) is 0.709. The van der Waals surface area contributed by atoms with E-state index in [1.807, 2.05) is 0 Å². The molecule has 0 aromatic carbocycles. The lowest BCUT2D eigenvalue weighted by Crippen LogP contribution is -2.30. The second-order valence-corrected chi connectivity index (χ2v) is 16.3. The Kier molecular flexibility index (Phi) is 48.0. The van der Waals surface area contributed by atoms with Crippen LogP contribution in [0.15, 0.2) is 85.1 Å². The van der Waals surface area contributed by atoms with Gasteiger partial charge in [-0.3, -0.25) is 9.59 Å². The van der Waals surface area contributed by atoms with Gasteiger partial charge in [-0.05, 0) is 116 Å². The molecule has 0 fully saturated rings. The number of unbranched alkanes of at least 4 members (excludes halogenated alkanes) is 20. The number of carbonyl (C=O) groups excluding carboxylic acids is 2. The van der Waals surface area contributed by atoms with Gasteiger partial charge in [0.15, 0.2) is 6.10 Å². The zero-order valence-corrected chi connectivity index (χ0v) is 39.5. The lowest BCUT2D eigenvalue weighted by Gasteiger charge is -2.18. The number of allylic oxidation sites excluding steroid dienone is 14. The van der Waals surface area contributed by atoms with Crippen molar-refractivity contribution in [2.45, 2.75) is 232 Å². The minimum Gasteiger partial charge on any atom is -0.462 e. The van der Waals surface area contributed by atoms with Crippen molar-refractivity contribution in [3.05, 3.63) is 85.1 Å². The van der Waals surface area contributed by atoms with Crippen LogP contribution >= 0.6 is 0 Å². The average Bonchev–Trinajstić information content (AvgIpc) is 3.25. The Bertz CT molecular complexity index is 1130. The van der Waals surface area contributed by atoms with E-state index in [0.29, 0.717) is 19.4 Å². The Morgan fingerprint density at radius 3 is 1.22 bits per heavy atom. The first-order valence-electron chi connectivity index (χ1n) is 25.1. The molecule has 0 rings (SSSR count). The summed E-state index contributed by atoms with van der Waals surface area (Å²) in [5.41, 5.74) is 0. The number of ether oxygens (including phenoxy) is 3. The van der Waals surface area contributed by atoms with E-state index in [2.05, 4.69) is 106 Å². The number of hydrogen-bond donors (Lipinski definition) is 0. The molecule has 0 aromatic rings. The Balaban J connectivity index is 4.38. The Morgan fingerprint density at radius 2 is 0.750 bits per heavy atom. The molecular weight excluding hydrogens is 741 g/mol. The highest BCUT2D eigenvalue weighted by Crippen LogP contribution is 2.13. The van der Waals surface area contributed by atoms with E-state index in [9.17, 15) is 9.59 Å².